The van der Waals surface area contributed by atoms with Gasteiger partial charge < -0.3 is 15.5 Å². The van der Waals surface area contributed by atoms with E-state index in [1.54, 1.807) is 0 Å². The molecule has 2 unspecified atom stereocenters. The number of benzene rings is 1. The number of carboxylic acid groups (broad SMARTS) is 1. The molecule has 0 aliphatic carbocycles. The van der Waals surface area contributed by atoms with E-state index in [2.05, 4.69) is 5.32 Å². The molecule has 0 aromatic heterocycles. The molecule has 0 heterocycles. The first kappa shape index (κ1) is 14.7. The lowest BCUT2D eigenvalue weighted by molar-refractivity contribution is -0.136. The molecule has 0 aliphatic heterocycles. The fourth-order valence-corrected chi connectivity index (χ4v) is 2.07. The van der Waals surface area contributed by atoms with Crippen LogP contribution in [0.15, 0.2) is 18.2 Å². The number of aliphatic hydroxyl groups is 1. The lowest BCUT2D eigenvalue weighted by atomic mass is 9.95. The Labute approximate surface area is 108 Å². The number of aryl methyl sites for hydroxylation is 2. The van der Waals surface area contributed by atoms with E-state index in [0.717, 1.165) is 16.7 Å². The number of carbonyl (C=O) groups is 1. The summed E-state index contributed by atoms with van der Waals surface area (Å²) in [6.07, 6.45) is -0.0168. The second-order valence-electron chi connectivity index (χ2n) is 4.59. The highest BCUT2D eigenvalue weighted by Gasteiger charge is 2.20. The number of hydrogen-bond donors (Lipinski definition) is 3. The van der Waals surface area contributed by atoms with Gasteiger partial charge in [0.1, 0.15) is 0 Å². The van der Waals surface area contributed by atoms with Gasteiger partial charge in [-0.25, -0.2) is 0 Å². The highest BCUT2D eigenvalue weighted by atomic mass is 16.4. The quantitative estimate of drug-likeness (QED) is 0.721. The van der Waals surface area contributed by atoms with Crippen LogP contribution < -0.4 is 5.32 Å². The number of nitrogens with one attached hydrogen (secondary N) is 1. The summed E-state index contributed by atoms with van der Waals surface area (Å²) in [7, 11) is 0. The molecular weight excluding hydrogens is 230 g/mol. The van der Waals surface area contributed by atoms with Crippen LogP contribution in [0, 0.1) is 13.8 Å². The lowest BCUT2D eigenvalue weighted by Crippen LogP contribution is -2.38. The van der Waals surface area contributed by atoms with Gasteiger partial charge in [0.25, 0.3) is 0 Å². The Morgan fingerprint density at radius 3 is 2.56 bits per heavy atom. The Hall–Kier alpha value is -1.39. The molecule has 4 nitrogen and oxygen atoms in total. The van der Waals surface area contributed by atoms with Crippen LogP contribution in [0.5, 0.6) is 0 Å². The van der Waals surface area contributed by atoms with Gasteiger partial charge in [0, 0.05) is 6.04 Å². The van der Waals surface area contributed by atoms with Gasteiger partial charge in [0.2, 0.25) is 0 Å². The molecule has 0 spiro atoms. The van der Waals surface area contributed by atoms with Gasteiger partial charge in [0.05, 0.1) is 12.6 Å². The zero-order valence-electron chi connectivity index (χ0n) is 11.1. The summed E-state index contributed by atoms with van der Waals surface area (Å²) in [5.41, 5.74) is 3.03. The SMILES string of the molecule is CCC(NCC(=O)O)C(O)c1ccc(C)cc1C. The Bertz CT molecular complexity index is 418. The van der Waals surface area contributed by atoms with E-state index >= 15 is 0 Å². The van der Waals surface area contributed by atoms with Gasteiger partial charge in [-0.1, -0.05) is 30.7 Å². The van der Waals surface area contributed by atoms with Crippen molar-refractivity contribution in [2.45, 2.75) is 39.3 Å². The Kier molecular flexibility index (Phi) is 5.31. The summed E-state index contributed by atoms with van der Waals surface area (Å²) in [6.45, 7) is 5.74. The molecule has 3 N–H and O–H groups in total. The van der Waals surface area contributed by atoms with Gasteiger partial charge >= 0.3 is 5.97 Å². The van der Waals surface area contributed by atoms with Crippen molar-refractivity contribution in [2.75, 3.05) is 6.54 Å². The maximum absolute atomic E-state index is 10.5. The molecule has 0 amide bonds. The molecule has 18 heavy (non-hydrogen) atoms. The largest absolute Gasteiger partial charge is 0.480 e. The molecule has 0 saturated heterocycles. The summed E-state index contributed by atoms with van der Waals surface area (Å²) in [4.78, 5) is 10.5. The minimum atomic E-state index is -0.915. The zero-order chi connectivity index (χ0) is 13.7. The molecule has 0 bridgehead atoms. The van der Waals surface area contributed by atoms with E-state index in [4.69, 9.17) is 5.11 Å². The normalized spacial score (nSPS) is 14.2. The smallest absolute Gasteiger partial charge is 0.317 e. The van der Waals surface area contributed by atoms with Crippen LogP contribution in [0.25, 0.3) is 0 Å². The van der Waals surface area contributed by atoms with Gasteiger partial charge in [-0.3, -0.25) is 4.79 Å². The Morgan fingerprint density at radius 1 is 1.39 bits per heavy atom. The molecule has 2 atom stereocenters. The van der Waals surface area contributed by atoms with Crippen LogP contribution in [0.3, 0.4) is 0 Å². The van der Waals surface area contributed by atoms with Crippen LogP contribution in [-0.4, -0.2) is 28.8 Å². The van der Waals surface area contributed by atoms with Crippen molar-refractivity contribution in [1.82, 2.24) is 5.32 Å². The van der Waals surface area contributed by atoms with Gasteiger partial charge in [0.15, 0.2) is 0 Å². The molecule has 0 saturated carbocycles. The maximum Gasteiger partial charge on any atom is 0.317 e. The van der Waals surface area contributed by atoms with Crippen molar-refractivity contribution < 1.29 is 15.0 Å². The minimum Gasteiger partial charge on any atom is -0.480 e. The fraction of sp³-hybridized carbons (Fsp3) is 0.500. The van der Waals surface area contributed by atoms with Crippen molar-refractivity contribution in [2.24, 2.45) is 0 Å². The lowest BCUT2D eigenvalue weighted by Gasteiger charge is -2.24. The fourth-order valence-electron chi connectivity index (χ4n) is 2.07. The van der Waals surface area contributed by atoms with Crippen molar-refractivity contribution in [3.63, 3.8) is 0 Å². The molecule has 1 rings (SSSR count). The molecule has 1 aromatic carbocycles. The summed E-state index contributed by atoms with van der Waals surface area (Å²) in [5, 5.41) is 21.8. The summed E-state index contributed by atoms with van der Waals surface area (Å²) in [6, 6.07) is 5.63. The van der Waals surface area contributed by atoms with Crippen LogP contribution in [0.2, 0.25) is 0 Å². The Balaban J connectivity index is 2.82. The van der Waals surface area contributed by atoms with Crippen LogP contribution >= 0.6 is 0 Å². The Morgan fingerprint density at radius 2 is 2.06 bits per heavy atom. The van der Waals surface area contributed by atoms with E-state index in [1.807, 2.05) is 39.0 Å². The third kappa shape index (κ3) is 3.82. The van der Waals surface area contributed by atoms with E-state index in [0.29, 0.717) is 6.42 Å². The second-order valence-corrected chi connectivity index (χ2v) is 4.59. The summed E-state index contributed by atoms with van der Waals surface area (Å²) >= 11 is 0. The van der Waals surface area contributed by atoms with Crippen molar-refractivity contribution in [1.29, 1.82) is 0 Å². The topological polar surface area (TPSA) is 69.6 Å². The molecule has 0 aliphatic rings. The molecule has 1 aromatic rings. The van der Waals surface area contributed by atoms with E-state index in [9.17, 15) is 9.90 Å². The van der Waals surface area contributed by atoms with E-state index in [-0.39, 0.29) is 12.6 Å². The zero-order valence-corrected chi connectivity index (χ0v) is 11.1. The number of aliphatic hydroxyl groups excluding tert-OH is 1. The predicted octanol–water partition coefficient (Wildman–Crippen LogP) is 1.79. The standard InChI is InChI=1S/C14H21NO3/c1-4-12(15-8-13(16)17)14(18)11-6-5-9(2)7-10(11)3/h5-7,12,14-15,18H,4,8H2,1-3H3,(H,16,17). The molecular formula is C14H21NO3. The average Bonchev–Trinajstić information content (AvgIpc) is 2.29. The first-order valence-corrected chi connectivity index (χ1v) is 6.16. The molecule has 4 heteroatoms. The van der Waals surface area contributed by atoms with Crippen LogP contribution in [0.1, 0.15) is 36.1 Å². The summed E-state index contributed by atoms with van der Waals surface area (Å²) < 4.78 is 0. The number of rotatable bonds is 6. The minimum absolute atomic E-state index is 0.138. The second kappa shape index (κ2) is 6.52. The highest BCUT2D eigenvalue weighted by Crippen LogP contribution is 2.23. The molecule has 0 fully saturated rings. The predicted molar refractivity (Wildman–Crippen MR) is 70.6 cm³/mol. The van der Waals surface area contributed by atoms with E-state index in [1.165, 1.54) is 0 Å². The monoisotopic (exact) mass is 251 g/mol. The van der Waals surface area contributed by atoms with Crippen molar-refractivity contribution in [3.8, 4) is 0 Å². The molecule has 100 valence electrons. The van der Waals surface area contributed by atoms with Gasteiger partial charge in [-0.05, 0) is 31.4 Å². The third-order valence-electron chi connectivity index (χ3n) is 3.08. The highest BCUT2D eigenvalue weighted by molar-refractivity contribution is 5.69. The van der Waals surface area contributed by atoms with Crippen LogP contribution in [0.4, 0.5) is 0 Å². The maximum atomic E-state index is 10.5. The molecule has 0 radical (unpaired) electrons. The summed E-state index contributed by atoms with van der Waals surface area (Å²) in [5.74, 6) is -0.915. The van der Waals surface area contributed by atoms with Crippen molar-refractivity contribution >= 4 is 5.97 Å². The number of hydrogen-bond acceptors (Lipinski definition) is 3. The van der Waals surface area contributed by atoms with Gasteiger partial charge in [-0.15, -0.1) is 0 Å². The van der Waals surface area contributed by atoms with Crippen molar-refractivity contribution in [3.05, 3.63) is 34.9 Å². The van der Waals surface area contributed by atoms with Crippen LogP contribution in [-0.2, 0) is 4.79 Å². The first-order chi connectivity index (χ1) is 8.45. The van der Waals surface area contributed by atoms with E-state index < -0.39 is 12.1 Å². The average molecular weight is 251 g/mol. The van der Waals surface area contributed by atoms with Gasteiger partial charge in [-0.2, -0.15) is 0 Å². The number of carboxylic acids is 1. The number of aliphatic carboxylic acids is 1. The first-order valence-electron chi connectivity index (χ1n) is 6.16. The third-order valence-corrected chi connectivity index (χ3v) is 3.08.